The highest BCUT2D eigenvalue weighted by Crippen LogP contribution is 2.29. The maximum atomic E-state index is 11.5. The van der Waals surface area contributed by atoms with Gasteiger partial charge in [-0.2, -0.15) is 4.98 Å². The molecule has 25 heavy (non-hydrogen) atoms. The van der Waals surface area contributed by atoms with Gasteiger partial charge in [-0.15, -0.1) is 0 Å². The van der Waals surface area contributed by atoms with Gasteiger partial charge in [-0.3, -0.25) is 4.72 Å². The molecule has 0 atom stereocenters. The van der Waals surface area contributed by atoms with Gasteiger partial charge in [-0.25, -0.2) is 13.4 Å². The Morgan fingerprint density at radius 2 is 1.88 bits per heavy atom. The lowest BCUT2D eigenvalue weighted by molar-refractivity contribution is 0.423. The SMILES string of the molecule is CS(=O)(=O)Nc1ccccc1Nc1nc(Nc2ccon2)ncc1Cl. The zero-order chi connectivity index (χ0) is 17.9. The summed E-state index contributed by atoms with van der Waals surface area (Å²) in [6.45, 7) is 0. The summed E-state index contributed by atoms with van der Waals surface area (Å²) in [5.41, 5.74) is 0.853. The maximum absolute atomic E-state index is 11.5. The van der Waals surface area contributed by atoms with Crippen LogP contribution in [0.3, 0.4) is 0 Å². The van der Waals surface area contributed by atoms with Crippen LogP contribution in [0.1, 0.15) is 0 Å². The quantitative estimate of drug-likeness (QED) is 0.596. The largest absolute Gasteiger partial charge is 0.363 e. The first-order valence-electron chi connectivity index (χ1n) is 6.94. The minimum Gasteiger partial charge on any atom is -0.363 e. The highest BCUT2D eigenvalue weighted by Gasteiger charge is 2.11. The molecule has 0 amide bonds. The summed E-state index contributed by atoms with van der Waals surface area (Å²) >= 11 is 6.13. The van der Waals surface area contributed by atoms with Crippen molar-refractivity contribution in [3.63, 3.8) is 0 Å². The second-order valence-corrected chi connectivity index (χ2v) is 7.10. The molecule has 0 fully saturated rings. The van der Waals surface area contributed by atoms with E-state index < -0.39 is 10.0 Å². The van der Waals surface area contributed by atoms with Crippen molar-refractivity contribution < 1.29 is 12.9 Å². The molecule has 0 radical (unpaired) electrons. The first-order chi connectivity index (χ1) is 11.9. The van der Waals surface area contributed by atoms with Crippen molar-refractivity contribution in [3.8, 4) is 0 Å². The summed E-state index contributed by atoms with van der Waals surface area (Å²) in [5, 5.41) is 9.81. The van der Waals surface area contributed by atoms with Gasteiger partial charge in [0, 0.05) is 6.07 Å². The first kappa shape index (κ1) is 17.0. The van der Waals surface area contributed by atoms with Crippen LogP contribution in [0.2, 0.25) is 5.02 Å². The van der Waals surface area contributed by atoms with E-state index >= 15 is 0 Å². The van der Waals surface area contributed by atoms with E-state index in [-0.39, 0.29) is 11.0 Å². The molecule has 0 aliphatic heterocycles. The Labute approximate surface area is 148 Å². The second-order valence-electron chi connectivity index (χ2n) is 4.94. The topological polar surface area (TPSA) is 122 Å². The lowest BCUT2D eigenvalue weighted by atomic mass is 10.2. The van der Waals surface area contributed by atoms with Crippen LogP contribution < -0.4 is 15.4 Å². The summed E-state index contributed by atoms with van der Waals surface area (Å²) in [7, 11) is -3.43. The van der Waals surface area contributed by atoms with E-state index in [0.717, 1.165) is 6.26 Å². The number of sulfonamides is 1. The van der Waals surface area contributed by atoms with Crippen LogP contribution in [0.15, 0.2) is 47.3 Å². The fourth-order valence-corrected chi connectivity index (χ4v) is 2.63. The predicted molar refractivity (Wildman–Crippen MR) is 95.0 cm³/mol. The van der Waals surface area contributed by atoms with Crippen molar-refractivity contribution >= 4 is 50.6 Å². The van der Waals surface area contributed by atoms with Gasteiger partial charge < -0.3 is 15.2 Å². The molecule has 2 aromatic heterocycles. The van der Waals surface area contributed by atoms with Crippen molar-refractivity contribution in [3.05, 3.63) is 47.8 Å². The number of nitrogens with zero attached hydrogens (tertiary/aromatic N) is 3. The van der Waals surface area contributed by atoms with Gasteiger partial charge >= 0.3 is 0 Å². The van der Waals surface area contributed by atoms with E-state index in [1.54, 1.807) is 30.3 Å². The zero-order valence-electron chi connectivity index (χ0n) is 12.9. The monoisotopic (exact) mass is 380 g/mol. The average molecular weight is 381 g/mol. The molecule has 130 valence electrons. The molecule has 11 heteroatoms. The molecule has 0 unspecified atom stereocenters. The summed E-state index contributed by atoms with van der Waals surface area (Å²) in [5.74, 6) is 0.979. The van der Waals surface area contributed by atoms with Gasteiger partial charge in [0.2, 0.25) is 16.0 Å². The summed E-state index contributed by atoms with van der Waals surface area (Å²) in [4.78, 5) is 8.31. The van der Waals surface area contributed by atoms with Crippen LogP contribution in [0.5, 0.6) is 0 Å². The van der Waals surface area contributed by atoms with Crippen molar-refractivity contribution in [2.75, 3.05) is 21.6 Å². The van der Waals surface area contributed by atoms with E-state index in [0.29, 0.717) is 23.0 Å². The fourth-order valence-electron chi connectivity index (χ4n) is 1.91. The molecule has 0 bridgehead atoms. The third kappa shape index (κ3) is 4.58. The molecular weight excluding hydrogens is 368 g/mol. The Balaban J connectivity index is 1.88. The number of hydrogen-bond acceptors (Lipinski definition) is 8. The fraction of sp³-hybridized carbons (Fsp3) is 0.0714. The lowest BCUT2D eigenvalue weighted by Crippen LogP contribution is -2.11. The number of anilines is 5. The third-order valence-corrected chi connectivity index (χ3v) is 3.76. The Kier molecular flexibility index (Phi) is 4.72. The van der Waals surface area contributed by atoms with Crippen LogP contribution in [-0.2, 0) is 10.0 Å². The minimum absolute atomic E-state index is 0.245. The molecule has 0 aliphatic carbocycles. The van der Waals surface area contributed by atoms with E-state index in [4.69, 9.17) is 16.1 Å². The summed E-state index contributed by atoms with van der Waals surface area (Å²) < 4.78 is 30.1. The molecule has 9 nitrogen and oxygen atoms in total. The number of halogens is 1. The molecule has 0 saturated heterocycles. The summed E-state index contributed by atoms with van der Waals surface area (Å²) in [6, 6.07) is 8.37. The molecule has 2 heterocycles. The van der Waals surface area contributed by atoms with Crippen molar-refractivity contribution in [1.82, 2.24) is 15.1 Å². The molecule has 0 aliphatic rings. The molecule has 3 aromatic rings. The number of nitrogens with one attached hydrogen (secondary N) is 3. The summed E-state index contributed by atoms with van der Waals surface area (Å²) in [6.07, 6.45) is 3.89. The van der Waals surface area contributed by atoms with Gasteiger partial charge in [0.1, 0.15) is 11.3 Å². The van der Waals surface area contributed by atoms with Gasteiger partial charge in [0.05, 0.1) is 23.8 Å². The first-order valence-corrected chi connectivity index (χ1v) is 9.21. The Bertz CT molecular complexity index is 978. The van der Waals surface area contributed by atoms with E-state index in [2.05, 4.69) is 30.5 Å². The Morgan fingerprint density at radius 1 is 1.12 bits per heavy atom. The van der Waals surface area contributed by atoms with Gasteiger partial charge in [0.15, 0.2) is 11.6 Å². The molecule has 3 N–H and O–H groups in total. The zero-order valence-corrected chi connectivity index (χ0v) is 14.5. The average Bonchev–Trinajstić information content (AvgIpc) is 3.04. The molecule has 0 spiro atoms. The van der Waals surface area contributed by atoms with Crippen LogP contribution in [0.4, 0.5) is 29.0 Å². The van der Waals surface area contributed by atoms with E-state index in [1.807, 2.05) is 0 Å². The highest BCUT2D eigenvalue weighted by molar-refractivity contribution is 7.92. The van der Waals surface area contributed by atoms with Gasteiger partial charge in [-0.05, 0) is 12.1 Å². The van der Waals surface area contributed by atoms with Crippen LogP contribution in [0, 0.1) is 0 Å². The van der Waals surface area contributed by atoms with Gasteiger partial charge in [-0.1, -0.05) is 28.9 Å². The molecule has 1 aromatic carbocycles. The smallest absolute Gasteiger partial charge is 0.230 e. The standard InChI is InChI=1S/C14H13ClN6O3S/c1-25(22,23)21-11-5-3-2-4-10(11)17-13-9(15)8-16-14(19-13)18-12-6-7-24-20-12/h2-8,21H,1H3,(H2,16,17,18,19,20). The van der Waals surface area contributed by atoms with Crippen molar-refractivity contribution in [1.29, 1.82) is 0 Å². The number of para-hydroxylation sites is 2. The van der Waals surface area contributed by atoms with Crippen molar-refractivity contribution in [2.24, 2.45) is 0 Å². The van der Waals surface area contributed by atoms with E-state index in [1.165, 1.54) is 12.5 Å². The number of benzene rings is 1. The van der Waals surface area contributed by atoms with E-state index in [9.17, 15) is 8.42 Å². The maximum Gasteiger partial charge on any atom is 0.230 e. The highest BCUT2D eigenvalue weighted by atomic mass is 35.5. The lowest BCUT2D eigenvalue weighted by Gasteiger charge is -2.13. The molecular formula is C14H13ClN6O3S. The minimum atomic E-state index is -3.43. The number of hydrogen-bond donors (Lipinski definition) is 3. The predicted octanol–water partition coefficient (Wildman–Crippen LogP) is 2.98. The Morgan fingerprint density at radius 3 is 2.56 bits per heavy atom. The third-order valence-electron chi connectivity index (χ3n) is 2.90. The number of aromatic nitrogens is 3. The van der Waals surface area contributed by atoms with Crippen LogP contribution in [-0.4, -0.2) is 29.8 Å². The van der Waals surface area contributed by atoms with Crippen molar-refractivity contribution in [2.45, 2.75) is 0 Å². The molecule has 0 saturated carbocycles. The van der Waals surface area contributed by atoms with Crippen LogP contribution >= 0.6 is 11.6 Å². The molecule has 3 rings (SSSR count). The normalized spacial score (nSPS) is 11.1. The van der Waals surface area contributed by atoms with Crippen LogP contribution in [0.25, 0.3) is 0 Å². The van der Waals surface area contributed by atoms with Gasteiger partial charge in [0.25, 0.3) is 0 Å². The number of rotatable bonds is 6. The Hall–Kier alpha value is -2.85. The second kappa shape index (κ2) is 6.95.